The molecule has 2 heterocycles. The molecule has 0 saturated carbocycles. The maximum atomic E-state index is 12.5. The Morgan fingerprint density at radius 3 is 2.62 bits per heavy atom. The smallest absolute Gasteiger partial charge is 0.251 e. The number of hydrogen-bond donors (Lipinski definition) is 1. The van der Waals surface area contributed by atoms with E-state index in [2.05, 4.69) is 29.1 Å². The molecule has 2 aromatic rings. The molecule has 1 aromatic carbocycles. The molecule has 1 aliphatic rings. The lowest BCUT2D eigenvalue weighted by Gasteiger charge is -2.34. The van der Waals surface area contributed by atoms with Gasteiger partial charge >= 0.3 is 0 Å². The monoisotopic (exact) mass is 323 g/mol. The van der Waals surface area contributed by atoms with Crippen LogP contribution in [0.15, 0.2) is 48.7 Å². The third-order valence-electron chi connectivity index (χ3n) is 4.44. The average Bonchev–Trinajstić information content (AvgIpc) is 3.09. The summed E-state index contributed by atoms with van der Waals surface area (Å²) in [6.45, 7) is 3.59. The van der Waals surface area contributed by atoms with Crippen molar-refractivity contribution in [3.8, 4) is 0 Å². The number of benzene rings is 1. The minimum Gasteiger partial charge on any atom is -0.355 e. The number of rotatable bonds is 3. The maximum Gasteiger partial charge on any atom is 0.251 e. The van der Waals surface area contributed by atoms with Gasteiger partial charge in [-0.25, -0.2) is 0 Å². The van der Waals surface area contributed by atoms with Crippen molar-refractivity contribution in [3.05, 3.63) is 65.5 Å². The van der Waals surface area contributed by atoms with Gasteiger partial charge in [0, 0.05) is 43.7 Å². The van der Waals surface area contributed by atoms with E-state index in [9.17, 15) is 9.59 Å². The Morgan fingerprint density at radius 2 is 1.92 bits per heavy atom. The molecule has 0 aliphatic carbocycles. The summed E-state index contributed by atoms with van der Waals surface area (Å²) >= 11 is 0. The average molecular weight is 323 g/mol. The van der Waals surface area contributed by atoms with Crippen LogP contribution in [0.4, 0.5) is 0 Å². The molecule has 124 valence electrons. The van der Waals surface area contributed by atoms with E-state index < -0.39 is 0 Å². The van der Waals surface area contributed by atoms with Gasteiger partial charge in [0.2, 0.25) is 5.91 Å². The van der Waals surface area contributed by atoms with Crippen LogP contribution in [-0.4, -0.2) is 34.9 Å². The fourth-order valence-corrected chi connectivity index (χ4v) is 3.03. The zero-order chi connectivity index (χ0) is 17.1. The second-order valence-corrected chi connectivity index (χ2v) is 5.87. The molecule has 0 unspecified atom stereocenters. The predicted molar refractivity (Wildman–Crippen MR) is 93.4 cm³/mol. The molecule has 0 fully saturated rings. The summed E-state index contributed by atoms with van der Waals surface area (Å²) in [6.07, 6.45) is 5.44. The van der Waals surface area contributed by atoms with Crippen molar-refractivity contribution in [2.75, 3.05) is 13.6 Å². The number of fused-ring (bicyclic) bond motifs is 1. The van der Waals surface area contributed by atoms with Gasteiger partial charge in [-0.15, -0.1) is 0 Å². The summed E-state index contributed by atoms with van der Waals surface area (Å²) in [4.78, 5) is 25.9. The lowest BCUT2D eigenvalue weighted by atomic mass is 10.1. The Kier molecular flexibility index (Phi) is 4.51. The molecule has 3 rings (SSSR count). The highest BCUT2D eigenvalue weighted by molar-refractivity contribution is 5.95. The van der Waals surface area contributed by atoms with Crippen LogP contribution in [0.25, 0.3) is 6.08 Å². The van der Waals surface area contributed by atoms with Gasteiger partial charge in [-0.1, -0.05) is 12.1 Å². The van der Waals surface area contributed by atoms with Gasteiger partial charge in [0.15, 0.2) is 0 Å². The minimum absolute atomic E-state index is 0.00493. The van der Waals surface area contributed by atoms with Crippen LogP contribution < -0.4 is 5.32 Å². The Balaban J connectivity index is 1.68. The van der Waals surface area contributed by atoms with E-state index in [1.807, 2.05) is 23.1 Å². The molecule has 5 nitrogen and oxygen atoms in total. The highest BCUT2D eigenvalue weighted by atomic mass is 16.2. The van der Waals surface area contributed by atoms with Crippen molar-refractivity contribution in [1.82, 2.24) is 14.8 Å². The fraction of sp³-hybridized carbons (Fsp3) is 0.263. The van der Waals surface area contributed by atoms with Crippen LogP contribution in [0.5, 0.6) is 0 Å². The van der Waals surface area contributed by atoms with Gasteiger partial charge in [0.05, 0.1) is 6.04 Å². The molecule has 1 N–H and O–H groups in total. The summed E-state index contributed by atoms with van der Waals surface area (Å²) < 4.78 is 2.19. The molecular weight excluding hydrogens is 302 g/mol. The van der Waals surface area contributed by atoms with Crippen LogP contribution in [-0.2, 0) is 11.3 Å². The van der Waals surface area contributed by atoms with Crippen molar-refractivity contribution in [2.24, 2.45) is 0 Å². The largest absolute Gasteiger partial charge is 0.355 e. The third-order valence-corrected chi connectivity index (χ3v) is 4.44. The van der Waals surface area contributed by atoms with Crippen molar-refractivity contribution in [1.29, 1.82) is 0 Å². The van der Waals surface area contributed by atoms with E-state index in [4.69, 9.17) is 0 Å². The van der Waals surface area contributed by atoms with E-state index in [0.717, 1.165) is 17.8 Å². The van der Waals surface area contributed by atoms with Crippen LogP contribution >= 0.6 is 0 Å². The fourth-order valence-electron chi connectivity index (χ4n) is 3.03. The lowest BCUT2D eigenvalue weighted by Crippen LogP contribution is -2.39. The van der Waals surface area contributed by atoms with Gasteiger partial charge in [0.1, 0.15) is 0 Å². The molecule has 2 amide bonds. The van der Waals surface area contributed by atoms with E-state index in [-0.39, 0.29) is 17.9 Å². The predicted octanol–water partition coefficient (Wildman–Crippen LogP) is 2.46. The molecular formula is C19H21N3O2. The van der Waals surface area contributed by atoms with E-state index in [0.29, 0.717) is 12.1 Å². The summed E-state index contributed by atoms with van der Waals surface area (Å²) in [6, 6.07) is 11.3. The molecule has 0 spiro atoms. The quantitative estimate of drug-likeness (QED) is 0.882. The van der Waals surface area contributed by atoms with Crippen LogP contribution in [0.2, 0.25) is 0 Å². The summed E-state index contributed by atoms with van der Waals surface area (Å²) in [5, 5.41) is 2.59. The van der Waals surface area contributed by atoms with Gasteiger partial charge in [-0.2, -0.15) is 0 Å². The first-order valence-electron chi connectivity index (χ1n) is 8.06. The first-order chi connectivity index (χ1) is 11.6. The Bertz CT molecular complexity index is 774. The van der Waals surface area contributed by atoms with Gasteiger partial charge < -0.3 is 14.8 Å². The van der Waals surface area contributed by atoms with Crippen molar-refractivity contribution < 1.29 is 9.59 Å². The van der Waals surface area contributed by atoms with Gasteiger partial charge in [-0.05, 0) is 42.8 Å². The Hall–Kier alpha value is -2.82. The van der Waals surface area contributed by atoms with E-state index in [1.54, 1.807) is 31.3 Å². The van der Waals surface area contributed by atoms with Crippen LogP contribution in [0.3, 0.4) is 0 Å². The van der Waals surface area contributed by atoms with E-state index >= 15 is 0 Å². The zero-order valence-corrected chi connectivity index (χ0v) is 13.9. The first kappa shape index (κ1) is 16.1. The summed E-state index contributed by atoms with van der Waals surface area (Å²) in [5.74, 6) is -0.114. The Morgan fingerprint density at radius 1 is 1.17 bits per heavy atom. The van der Waals surface area contributed by atoms with Gasteiger partial charge in [-0.3, -0.25) is 9.59 Å². The number of nitrogens with one attached hydrogen (secondary N) is 1. The number of amides is 2. The maximum absolute atomic E-state index is 12.5. The van der Waals surface area contributed by atoms with Crippen molar-refractivity contribution >= 4 is 17.9 Å². The standard InChI is InChI=1S/C19H21N3O2/c1-14-17-4-3-11-21(17)12-13-22(14)18(23)10-7-15-5-8-16(9-6-15)19(24)20-2/h3-11,14H,12-13H2,1-2H3,(H,20,24)/b10-7+/t14-/m0/s1. The number of aromatic nitrogens is 1. The molecule has 1 atom stereocenters. The molecule has 1 aliphatic heterocycles. The minimum atomic E-state index is -0.119. The van der Waals surface area contributed by atoms with Crippen molar-refractivity contribution in [3.63, 3.8) is 0 Å². The zero-order valence-electron chi connectivity index (χ0n) is 13.9. The lowest BCUT2D eigenvalue weighted by molar-refractivity contribution is -0.129. The molecule has 0 bridgehead atoms. The first-order valence-corrected chi connectivity index (χ1v) is 8.06. The second-order valence-electron chi connectivity index (χ2n) is 5.87. The van der Waals surface area contributed by atoms with E-state index in [1.165, 1.54) is 0 Å². The molecule has 1 aromatic heterocycles. The van der Waals surface area contributed by atoms with Crippen LogP contribution in [0.1, 0.15) is 34.6 Å². The number of carbonyl (C=O) groups is 2. The second kappa shape index (κ2) is 6.74. The number of nitrogens with zero attached hydrogens (tertiary/aromatic N) is 2. The number of carbonyl (C=O) groups excluding carboxylic acids is 2. The topological polar surface area (TPSA) is 54.3 Å². The third kappa shape index (κ3) is 3.11. The Labute approximate surface area is 141 Å². The van der Waals surface area contributed by atoms with Crippen LogP contribution in [0, 0.1) is 0 Å². The molecule has 24 heavy (non-hydrogen) atoms. The van der Waals surface area contributed by atoms with Crippen molar-refractivity contribution in [2.45, 2.75) is 19.5 Å². The normalized spacial score (nSPS) is 16.9. The number of hydrogen-bond acceptors (Lipinski definition) is 2. The molecule has 5 heteroatoms. The van der Waals surface area contributed by atoms with Gasteiger partial charge in [0.25, 0.3) is 5.91 Å². The SMILES string of the molecule is CNC(=O)c1ccc(/C=C/C(=O)N2CCn3cccc3[C@@H]2C)cc1. The highest BCUT2D eigenvalue weighted by Gasteiger charge is 2.25. The highest BCUT2D eigenvalue weighted by Crippen LogP contribution is 2.25. The molecule has 0 saturated heterocycles. The molecule has 0 radical (unpaired) electrons. The summed E-state index contributed by atoms with van der Waals surface area (Å²) in [5.41, 5.74) is 2.66. The summed E-state index contributed by atoms with van der Waals surface area (Å²) in [7, 11) is 1.60.